The van der Waals surface area contributed by atoms with Gasteiger partial charge in [0, 0.05) is 17.2 Å². The fourth-order valence-electron chi connectivity index (χ4n) is 3.82. The Bertz CT molecular complexity index is 1210. The van der Waals surface area contributed by atoms with Gasteiger partial charge in [0.25, 0.3) is 5.91 Å². The SMILES string of the molecule is CCOc1ccc2c(c1)-c1c(ssc1=S)C(C)(C)N2C(=O)/C=C/c1ccc(OC)cc1. The van der Waals surface area contributed by atoms with Crippen molar-refractivity contribution in [3.05, 3.63) is 62.8 Å². The van der Waals surface area contributed by atoms with Crippen LogP contribution in [0.2, 0.25) is 0 Å². The lowest BCUT2D eigenvalue weighted by atomic mass is 9.87. The molecule has 1 aliphatic heterocycles. The summed E-state index contributed by atoms with van der Waals surface area (Å²) in [6.45, 7) is 6.68. The minimum absolute atomic E-state index is 0.0822. The number of hydrogen-bond acceptors (Lipinski definition) is 6. The Morgan fingerprint density at radius 3 is 2.52 bits per heavy atom. The molecule has 7 heteroatoms. The second kappa shape index (κ2) is 8.57. The first kappa shape index (κ1) is 21.7. The average molecular weight is 470 g/mol. The number of fused-ring (bicyclic) bond motifs is 3. The van der Waals surface area contributed by atoms with Gasteiger partial charge < -0.3 is 9.47 Å². The Hall–Kier alpha value is -2.48. The number of methoxy groups -OCH3 is 1. The molecular weight excluding hydrogens is 446 g/mol. The van der Waals surface area contributed by atoms with Crippen LogP contribution in [0.15, 0.2) is 48.5 Å². The molecule has 160 valence electrons. The van der Waals surface area contributed by atoms with E-state index in [-0.39, 0.29) is 5.91 Å². The summed E-state index contributed by atoms with van der Waals surface area (Å²) >= 11 is 5.66. The van der Waals surface area contributed by atoms with Gasteiger partial charge in [0.1, 0.15) is 15.3 Å². The highest BCUT2D eigenvalue weighted by Crippen LogP contribution is 2.52. The highest BCUT2D eigenvalue weighted by atomic mass is 32.9. The van der Waals surface area contributed by atoms with Crippen LogP contribution in [0.25, 0.3) is 17.2 Å². The Labute approximate surface area is 194 Å². The molecule has 4 nitrogen and oxygen atoms in total. The molecular formula is C24H23NO3S3. The van der Waals surface area contributed by atoms with Gasteiger partial charge in [-0.25, -0.2) is 0 Å². The van der Waals surface area contributed by atoms with Crippen LogP contribution >= 0.6 is 32.9 Å². The number of nitrogens with zero attached hydrogens (tertiary/aromatic N) is 1. The standard InChI is InChI=1S/C24H23NO3S3/c1-5-28-17-11-12-19-18(14-17)21-22(30-31-23(21)29)24(2,3)25(19)20(26)13-8-15-6-9-16(27-4)10-7-15/h6-14H,5H2,1-4H3/b13-8+. The van der Waals surface area contributed by atoms with E-state index in [1.54, 1.807) is 33.9 Å². The van der Waals surface area contributed by atoms with Crippen LogP contribution in [0, 0.1) is 3.82 Å². The van der Waals surface area contributed by atoms with E-state index in [9.17, 15) is 4.79 Å². The van der Waals surface area contributed by atoms with Crippen LogP contribution in [0.5, 0.6) is 11.5 Å². The Morgan fingerprint density at radius 1 is 1.13 bits per heavy atom. The smallest absolute Gasteiger partial charge is 0.251 e. The molecule has 3 aromatic rings. The molecule has 1 aromatic heterocycles. The van der Waals surface area contributed by atoms with Crippen LogP contribution in [0.3, 0.4) is 0 Å². The van der Waals surface area contributed by atoms with Crippen molar-refractivity contribution in [2.75, 3.05) is 18.6 Å². The summed E-state index contributed by atoms with van der Waals surface area (Å²) in [6.07, 6.45) is 3.46. The first-order valence-corrected chi connectivity index (χ1v) is 12.5. The van der Waals surface area contributed by atoms with Gasteiger partial charge in [0.15, 0.2) is 0 Å². The van der Waals surface area contributed by atoms with E-state index in [1.807, 2.05) is 60.4 Å². The first-order valence-electron chi connectivity index (χ1n) is 9.94. The first-order chi connectivity index (χ1) is 14.9. The maximum absolute atomic E-state index is 13.5. The second-order valence-corrected chi connectivity index (χ2v) is 10.4. The third kappa shape index (κ3) is 3.93. The number of carbonyl (C=O) groups is 1. The van der Waals surface area contributed by atoms with Crippen molar-refractivity contribution in [2.24, 2.45) is 0 Å². The number of hydrogen-bond donors (Lipinski definition) is 0. The number of benzene rings is 2. The zero-order valence-electron chi connectivity index (χ0n) is 17.8. The number of anilines is 1. The van der Waals surface area contributed by atoms with E-state index in [0.717, 1.165) is 42.6 Å². The zero-order valence-corrected chi connectivity index (χ0v) is 20.2. The number of amides is 1. The monoisotopic (exact) mass is 469 g/mol. The largest absolute Gasteiger partial charge is 0.497 e. The van der Waals surface area contributed by atoms with E-state index < -0.39 is 5.54 Å². The summed E-state index contributed by atoms with van der Waals surface area (Å²) in [7, 11) is 4.86. The predicted octanol–water partition coefficient (Wildman–Crippen LogP) is 6.91. The van der Waals surface area contributed by atoms with Gasteiger partial charge in [-0.05, 0) is 62.7 Å². The maximum Gasteiger partial charge on any atom is 0.251 e. The third-order valence-corrected chi connectivity index (χ3v) is 8.62. The van der Waals surface area contributed by atoms with Crippen molar-refractivity contribution in [1.82, 2.24) is 0 Å². The van der Waals surface area contributed by atoms with Crippen LogP contribution in [-0.4, -0.2) is 19.6 Å². The maximum atomic E-state index is 13.5. The van der Waals surface area contributed by atoms with E-state index in [2.05, 4.69) is 13.8 Å². The molecule has 1 aliphatic rings. The molecule has 2 heterocycles. The van der Waals surface area contributed by atoms with Crippen molar-refractivity contribution in [2.45, 2.75) is 26.3 Å². The lowest BCUT2D eigenvalue weighted by molar-refractivity contribution is -0.115. The number of ether oxygens (including phenoxy) is 2. The fraction of sp³-hybridized carbons (Fsp3) is 0.250. The highest BCUT2D eigenvalue weighted by Gasteiger charge is 2.42. The van der Waals surface area contributed by atoms with Crippen LogP contribution < -0.4 is 14.4 Å². The summed E-state index contributed by atoms with van der Waals surface area (Å²) in [6, 6.07) is 13.5. The molecule has 4 rings (SSSR count). The van der Waals surface area contributed by atoms with Crippen LogP contribution in [0.4, 0.5) is 5.69 Å². The van der Waals surface area contributed by atoms with Gasteiger partial charge >= 0.3 is 0 Å². The molecule has 2 aromatic carbocycles. The molecule has 0 unspecified atom stereocenters. The highest BCUT2D eigenvalue weighted by molar-refractivity contribution is 7.80. The van der Waals surface area contributed by atoms with Gasteiger partial charge in [-0.15, -0.1) is 0 Å². The second-order valence-electron chi connectivity index (χ2n) is 7.61. The fourth-order valence-corrected chi connectivity index (χ4v) is 7.10. The van der Waals surface area contributed by atoms with Gasteiger partial charge in [0.05, 0.1) is 29.8 Å². The normalized spacial score (nSPS) is 14.3. The molecule has 1 amide bonds. The molecule has 0 aliphatic carbocycles. The van der Waals surface area contributed by atoms with Gasteiger partial charge in [-0.3, -0.25) is 9.69 Å². The van der Waals surface area contributed by atoms with Crippen molar-refractivity contribution in [1.29, 1.82) is 0 Å². The quantitative estimate of drug-likeness (QED) is 0.231. The lowest BCUT2D eigenvalue weighted by Crippen LogP contribution is -2.47. The molecule has 0 atom stereocenters. The summed E-state index contributed by atoms with van der Waals surface area (Å²) in [5.41, 5.74) is 3.27. The molecule has 31 heavy (non-hydrogen) atoms. The van der Waals surface area contributed by atoms with Gasteiger partial charge in [-0.1, -0.05) is 45.0 Å². The van der Waals surface area contributed by atoms with Crippen molar-refractivity contribution < 1.29 is 14.3 Å². The Morgan fingerprint density at radius 2 is 1.84 bits per heavy atom. The predicted molar refractivity (Wildman–Crippen MR) is 132 cm³/mol. The third-order valence-electron chi connectivity index (χ3n) is 5.29. The van der Waals surface area contributed by atoms with E-state index in [1.165, 1.54) is 0 Å². The average Bonchev–Trinajstić information content (AvgIpc) is 3.16. The van der Waals surface area contributed by atoms with Gasteiger partial charge in [0.2, 0.25) is 0 Å². The molecule has 0 spiro atoms. The molecule has 0 saturated carbocycles. The zero-order chi connectivity index (χ0) is 22.2. The topological polar surface area (TPSA) is 38.8 Å². The van der Waals surface area contributed by atoms with Crippen molar-refractivity contribution >= 4 is 50.6 Å². The number of carbonyl (C=O) groups excluding carboxylic acids is 1. The van der Waals surface area contributed by atoms with Crippen molar-refractivity contribution in [3.63, 3.8) is 0 Å². The van der Waals surface area contributed by atoms with Crippen LogP contribution in [0.1, 0.15) is 31.2 Å². The molecule has 0 saturated heterocycles. The van der Waals surface area contributed by atoms with E-state index in [4.69, 9.17) is 21.7 Å². The lowest BCUT2D eigenvalue weighted by Gasteiger charge is -2.42. The van der Waals surface area contributed by atoms with E-state index in [0.29, 0.717) is 6.61 Å². The molecule has 0 radical (unpaired) electrons. The van der Waals surface area contributed by atoms with E-state index >= 15 is 0 Å². The number of rotatable bonds is 5. The minimum Gasteiger partial charge on any atom is -0.497 e. The summed E-state index contributed by atoms with van der Waals surface area (Å²) in [5, 5.41) is 0. The molecule has 0 fully saturated rings. The molecule has 0 bridgehead atoms. The Kier molecular flexibility index (Phi) is 6.01. The van der Waals surface area contributed by atoms with Gasteiger partial charge in [-0.2, -0.15) is 0 Å². The minimum atomic E-state index is -0.519. The molecule has 0 N–H and O–H groups in total. The Balaban J connectivity index is 1.77. The summed E-state index contributed by atoms with van der Waals surface area (Å²) < 4.78 is 11.8. The van der Waals surface area contributed by atoms with Crippen LogP contribution in [-0.2, 0) is 10.3 Å². The van der Waals surface area contributed by atoms with Crippen molar-refractivity contribution in [3.8, 4) is 22.6 Å². The summed E-state index contributed by atoms with van der Waals surface area (Å²) in [4.78, 5) is 16.4. The summed E-state index contributed by atoms with van der Waals surface area (Å²) in [5.74, 6) is 1.48.